The molecule has 0 bridgehead atoms. The highest BCUT2D eigenvalue weighted by Gasteiger charge is 2.08. The number of nitrogens with two attached hydrogens (primary N) is 1. The lowest BCUT2D eigenvalue weighted by Gasteiger charge is -2.05. The van der Waals surface area contributed by atoms with Crippen LogP contribution in [0, 0.1) is 10.1 Å². The van der Waals surface area contributed by atoms with Crippen molar-refractivity contribution < 1.29 is 4.92 Å². The van der Waals surface area contributed by atoms with Gasteiger partial charge in [0.05, 0.1) is 10.6 Å². The van der Waals surface area contributed by atoms with Gasteiger partial charge in [-0.15, -0.1) is 0 Å². The largest absolute Gasteiger partial charge is 0.324 e. The Hall–Kier alpha value is -1.62. The van der Waals surface area contributed by atoms with Gasteiger partial charge in [-0.25, -0.2) is 0 Å². The van der Waals surface area contributed by atoms with Crippen molar-refractivity contribution in [2.75, 3.05) is 5.43 Å². The Kier molecular flexibility index (Phi) is 2.81. The predicted octanol–water partition coefficient (Wildman–Crippen LogP) is 1.44. The highest BCUT2D eigenvalue weighted by atomic mass is 16.6. The van der Waals surface area contributed by atoms with Crippen LogP contribution in [0.5, 0.6) is 0 Å². The summed E-state index contributed by atoms with van der Waals surface area (Å²) in [5, 5.41) is 10.4. The molecule has 0 heterocycles. The molecule has 5 nitrogen and oxygen atoms in total. The SMILES string of the molecule is CCc1ccc([N+](=O)[O-])cc1NN. The number of non-ortho nitro benzene ring substituents is 1. The van der Waals surface area contributed by atoms with E-state index in [4.69, 9.17) is 5.84 Å². The third-order valence-corrected chi connectivity index (χ3v) is 1.84. The fourth-order valence-corrected chi connectivity index (χ4v) is 1.12. The summed E-state index contributed by atoms with van der Waals surface area (Å²) in [6.45, 7) is 1.96. The van der Waals surface area contributed by atoms with Crippen molar-refractivity contribution in [2.24, 2.45) is 5.84 Å². The van der Waals surface area contributed by atoms with E-state index in [9.17, 15) is 10.1 Å². The van der Waals surface area contributed by atoms with E-state index in [2.05, 4.69) is 5.43 Å². The van der Waals surface area contributed by atoms with Crippen LogP contribution < -0.4 is 11.3 Å². The van der Waals surface area contributed by atoms with Crippen LogP contribution in [-0.4, -0.2) is 4.92 Å². The van der Waals surface area contributed by atoms with E-state index in [1.807, 2.05) is 6.92 Å². The van der Waals surface area contributed by atoms with E-state index in [1.165, 1.54) is 12.1 Å². The molecule has 0 aliphatic rings. The average molecular weight is 181 g/mol. The molecule has 0 spiro atoms. The first-order valence-corrected chi connectivity index (χ1v) is 3.93. The molecule has 0 atom stereocenters. The number of hydrogen-bond acceptors (Lipinski definition) is 4. The molecule has 0 unspecified atom stereocenters. The Balaban J connectivity index is 3.13. The van der Waals surface area contributed by atoms with Gasteiger partial charge in [0.25, 0.3) is 5.69 Å². The van der Waals surface area contributed by atoms with Crippen LogP contribution in [0.25, 0.3) is 0 Å². The van der Waals surface area contributed by atoms with E-state index in [0.29, 0.717) is 5.69 Å². The maximum atomic E-state index is 10.4. The molecule has 13 heavy (non-hydrogen) atoms. The second kappa shape index (κ2) is 3.86. The Labute approximate surface area is 75.7 Å². The minimum Gasteiger partial charge on any atom is -0.324 e. The van der Waals surface area contributed by atoms with E-state index < -0.39 is 4.92 Å². The molecule has 1 aromatic rings. The summed E-state index contributed by atoms with van der Waals surface area (Å²) < 4.78 is 0. The molecule has 0 fully saturated rings. The highest BCUT2D eigenvalue weighted by molar-refractivity contribution is 5.56. The maximum Gasteiger partial charge on any atom is 0.271 e. The van der Waals surface area contributed by atoms with Crippen molar-refractivity contribution >= 4 is 11.4 Å². The smallest absolute Gasteiger partial charge is 0.271 e. The van der Waals surface area contributed by atoms with Gasteiger partial charge in [0.1, 0.15) is 0 Å². The number of nitrogen functional groups attached to an aromatic ring is 1. The number of hydrogen-bond donors (Lipinski definition) is 2. The van der Waals surface area contributed by atoms with Crippen molar-refractivity contribution in [3.63, 3.8) is 0 Å². The Morgan fingerprint density at radius 1 is 1.62 bits per heavy atom. The van der Waals surface area contributed by atoms with E-state index in [-0.39, 0.29) is 5.69 Å². The molecule has 1 aromatic carbocycles. The predicted molar refractivity (Wildman–Crippen MR) is 50.3 cm³/mol. The number of rotatable bonds is 3. The van der Waals surface area contributed by atoms with Gasteiger partial charge in [-0.3, -0.25) is 16.0 Å². The van der Waals surface area contributed by atoms with Crippen LogP contribution in [0.15, 0.2) is 18.2 Å². The fourth-order valence-electron chi connectivity index (χ4n) is 1.12. The van der Waals surface area contributed by atoms with Gasteiger partial charge in [0.15, 0.2) is 0 Å². The summed E-state index contributed by atoms with van der Waals surface area (Å²) in [4.78, 5) is 9.96. The number of anilines is 1. The summed E-state index contributed by atoms with van der Waals surface area (Å²) in [5.41, 5.74) is 4.06. The minimum absolute atomic E-state index is 0.0464. The van der Waals surface area contributed by atoms with Crippen molar-refractivity contribution in [1.82, 2.24) is 0 Å². The summed E-state index contributed by atoms with van der Waals surface area (Å²) in [5.74, 6) is 5.22. The Bertz CT molecular complexity index is 325. The number of nitro benzene ring substituents is 1. The van der Waals surface area contributed by atoms with Crippen LogP contribution in [0.4, 0.5) is 11.4 Å². The fraction of sp³-hybridized carbons (Fsp3) is 0.250. The molecular weight excluding hydrogens is 170 g/mol. The molecule has 0 aliphatic heterocycles. The summed E-state index contributed by atoms with van der Waals surface area (Å²) in [6.07, 6.45) is 0.789. The van der Waals surface area contributed by atoms with Gasteiger partial charge < -0.3 is 5.43 Å². The number of nitrogens with one attached hydrogen (secondary N) is 1. The number of aryl methyl sites for hydroxylation is 1. The molecule has 0 aliphatic carbocycles. The zero-order valence-electron chi connectivity index (χ0n) is 7.28. The lowest BCUT2D eigenvalue weighted by atomic mass is 10.1. The molecule has 1 rings (SSSR count). The van der Waals surface area contributed by atoms with Crippen molar-refractivity contribution in [1.29, 1.82) is 0 Å². The van der Waals surface area contributed by atoms with Gasteiger partial charge in [0, 0.05) is 12.1 Å². The normalized spacial score (nSPS) is 9.69. The molecule has 0 saturated heterocycles. The Morgan fingerprint density at radius 3 is 2.77 bits per heavy atom. The first kappa shape index (κ1) is 9.47. The molecule has 0 amide bonds. The maximum absolute atomic E-state index is 10.4. The van der Waals surface area contributed by atoms with E-state index >= 15 is 0 Å². The number of benzene rings is 1. The first-order chi connectivity index (χ1) is 6.19. The molecule has 0 aromatic heterocycles. The molecule has 70 valence electrons. The van der Waals surface area contributed by atoms with Crippen LogP contribution in [0.1, 0.15) is 12.5 Å². The van der Waals surface area contributed by atoms with E-state index in [0.717, 1.165) is 12.0 Å². The number of hydrazine groups is 1. The van der Waals surface area contributed by atoms with Crippen molar-refractivity contribution in [3.8, 4) is 0 Å². The molecule has 0 radical (unpaired) electrons. The summed E-state index contributed by atoms with van der Waals surface area (Å²) in [6, 6.07) is 4.60. The standard InChI is InChI=1S/C8H11N3O2/c1-2-6-3-4-7(11(12)13)5-8(6)10-9/h3-5,10H,2,9H2,1H3. The van der Waals surface area contributed by atoms with Crippen LogP contribution >= 0.6 is 0 Å². The van der Waals surface area contributed by atoms with Gasteiger partial charge in [0.2, 0.25) is 0 Å². The zero-order valence-corrected chi connectivity index (χ0v) is 7.28. The van der Waals surface area contributed by atoms with Crippen molar-refractivity contribution in [3.05, 3.63) is 33.9 Å². The monoisotopic (exact) mass is 181 g/mol. The third-order valence-electron chi connectivity index (χ3n) is 1.84. The molecule has 3 N–H and O–H groups in total. The topological polar surface area (TPSA) is 81.2 Å². The quantitative estimate of drug-likeness (QED) is 0.420. The highest BCUT2D eigenvalue weighted by Crippen LogP contribution is 2.21. The minimum atomic E-state index is -0.444. The first-order valence-electron chi connectivity index (χ1n) is 3.93. The molecule has 0 saturated carbocycles. The van der Waals surface area contributed by atoms with Gasteiger partial charge in [-0.2, -0.15) is 0 Å². The lowest BCUT2D eigenvalue weighted by molar-refractivity contribution is -0.384. The zero-order chi connectivity index (χ0) is 9.84. The number of nitro groups is 1. The summed E-state index contributed by atoms with van der Waals surface area (Å²) in [7, 11) is 0. The lowest BCUT2D eigenvalue weighted by Crippen LogP contribution is -2.09. The van der Waals surface area contributed by atoms with Gasteiger partial charge >= 0.3 is 0 Å². The Morgan fingerprint density at radius 2 is 2.31 bits per heavy atom. The second-order valence-electron chi connectivity index (χ2n) is 2.60. The van der Waals surface area contributed by atoms with E-state index in [1.54, 1.807) is 6.07 Å². The van der Waals surface area contributed by atoms with Gasteiger partial charge in [-0.05, 0) is 12.0 Å². The number of nitrogens with zero attached hydrogens (tertiary/aromatic N) is 1. The summed E-state index contributed by atoms with van der Waals surface area (Å²) >= 11 is 0. The van der Waals surface area contributed by atoms with Crippen LogP contribution in [0.2, 0.25) is 0 Å². The third kappa shape index (κ3) is 1.94. The second-order valence-corrected chi connectivity index (χ2v) is 2.60. The molecule has 5 heteroatoms. The van der Waals surface area contributed by atoms with Crippen LogP contribution in [0.3, 0.4) is 0 Å². The molecular formula is C8H11N3O2. The average Bonchev–Trinajstić information content (AvgIpc) is 2.16. The van der Waals surface area contributed by atoms with Crippen molar-refractivity contribution in [2.45, 2.75) is 13.3 Å². The van der Waals surface area contributed by atoms with Gasteiger partial charge in [-0.1, -0.05) is 13.0 Å². The van der Waals surface area contributed by atoms with Crippen LogP contribution in [-0.2, 0) is 6.42 Å².